The van der Waals surface area contributed by atoms with Crippen LogP contribution in [-0.4, -0.2) is 22.4 Å². The Bertz CT molecular complexity index is 362. The Hall–Kier alpha value is -1.65. The molecule has 0 radical (unpaired) electrons. The highest BCUT2D eigenvalue weighted by Crippen LogP contribution is 2.31. The van der Waals surface area contributed by atoms with Gasteiger partial charge >= 0.3 is 0 Å². The number of nitrogens with one attached hydrogen (secondary N) is 1. The standard InChI is InChI=1S/C10H14N4O/c11-9-6-12-5-8(14-9)10(15)13-4-3-7-1-2-7/h5-7H,1-4H2,(H2,11,14)(H,13,15). The van der Waals surface area contributed by atoms with Gasteiger partial charge in [0.05, 0.1) is 12.4 Å². The van der Waals surface area contributed by atoms with Crippen LogP contribution < -0.4 is 11.1 Å². The average Bonchev–Trinajstić information content (AvgIpc) is 3.01. The molecule has 5 nitrogen and oxygen atoms in total. The topological polar surface area (TPSA) is 80.9 Å². The molecule has 0 unspecified atom stereocenters. The van der Waals surface area contributed by atoms with Crippen molar-refractivity contribution in [3.8, 4) is 0 Å². The number of hydrogen-bond acceptors (Lipinski definition) is 4. The smallest absolute Gasteiger partial charge is 0.271 e. The van der Waals surface area contributed by atoms with Crippen LogP contribution in [0.5, 0.6) is 0 Å². The van der Waals surface area contributed by atoms with Crippen molar-refractivity contribution in [2.75, 3.05) is 12.3 Å². The number of nitrogen functional groups attached to an aromatic ring is 1. The van der Waals surface area contributed by atoms with Gasteiger partial charge in [-0.3, -0.25) is 9.78 Å². The van der Waals surface area contributed by atoms with E-state index in [2.05, 4.69) is 15.3 Å². The summed E-state index contributed by atoms with van der Waals surface area (Å²) < 4.78 is 0. The van der Waals surface area contributed by atoms with Crippen LogP contribution in [0.4, 0.5) is 5.82 Å². The van der Waals surface area contributed by atoms with Gasteiger partial charge in [-0.2, -0.15) is 0 Å². The molecule has 1 amide bonds. The van der Waals surface area contributed by atoms with Crippen molar-refractivity contribution in [2.24, 2.45) is 5.92 Å². The van der Waals surface area contributed by atoms with Crippen LogP contribution in [0, 0.1) is 5.92 Å². The molecule has 1 aromatic heterocycles. The highest BCUT2D eigenvalue weighted by molar-refractivity contribution is 5.92. The summed E-state index contributed by atoms with van der Waals surface area (Å²) in [7, 11) is 0. The Balaban J connectivity index is 1.83. The molecule has 0 saturated heterocycles. The number of rotatable bonds is 4. The maximum atomic E-state index is 11.5. The zero-order valence-electron chi connectivity index (χ0n) is 8.44. The van der Waals surface area contributed by atoms with E-state index in [1.807, 2.05) is 0 Å². The Kier molecular flexibility index (Phi) is 2.80. The van der Waals surface area contributed by atoms with Gasteiger partial charge in [0.15, 0.2) is 0 Å². The molecular formula is C10H14N4O. The summed E-state index contributed by atoms with van der Waals surface area (Å²) in [6.07, 6.45) is 6.49. The first-order valence-electron chi connectivity index (χ1n) is 5.11. The second-order valence-corrected chi connectivity index (χ2v) is 3.82. The number of amides is 1. The zero-order valence-corrected chi connectivity index (χ0v) is 8.44. The van der Waals surface area contributed by atoms with Gasteiger partial charge in [-0.15, -0.1) is 0 Å². The lowest BCUT2D eigenvalue weighted by atomic mass is 10.3. The van der Waals surface area contributed by atoms with Crippen molar-refractivity contribution in [1.29, 1.82) is 0 Å². The summed E-state index contributed by atoms with van der Waals surface area (Å²) in [5.41, 5.74) is 5.71. The first-order chi connectivity index (χ1) is 7.25. The molecule has 1 aliphatic carbocycles. The van der Waals surface area contributed by atoms with E-state index in [4.69, 9.17) is 5.73 Å². The van der Waals surface area contributed by atoms with Gasteiger partial charge in [0.2, 0.25) is 0 Å². The molecule has 0 spiro atoms. The van der Waals surface area contributed by atoms with Gasteiger partial charge in [0.25, 0.3) is 5.91 Å². The lowest BCUT2D eigenvalue weighted by molar-refractivity contribution is 0.0947. The van der Waals surface area contributed by atoms with E-state index in [1.54, 1.807) is 0 Å². The van der Waals surface area contributed by atoms with Crippen molar-refractivity contribution in [3.05, 3.63) is 18.1 Å². The maximum Gasteiger partial charge on any atom is 0.271 e. The monoisotopic (exact) mass is 206 g/mol. The van der Waals surface area contributed by atoms with Gasteiger partial charge < -0.3 is 11.1 Å². The fourth-order valence-electron chi connectivity index (χ4n) is 1.38. The Labute approximate surface area is 88.1 Å². The summed E-state index contributed by atoms with van der Waals surface area (Å²) in [4.78, 5) is 19.2. The third kappa shape index (κ3) is 2.90. The number of anilines is 1. The van der Waals surface area contributed by atoms with Crippen molar-refractivity contribution < 1.29 is 4.79 Å². The predicted molar refractivity (Wildman–Crippen MR) is 56.1 cm³/mol. The largest absolute Gasteiger partial charge is 0.382 e. The van der Waals surface area contributed by atoms with Crippen molar-refractivity contribution in [1.82, 2.24) is 15.3 Å². The second-order valence-electron chi connectivity index (χ2n) is 3.82. The fraction of sp³-hybridized carbons (Fsp3) is 0.500. The Morgan fingerprint density at radius 3 is 3.00 bits per heavy atom. The number of carbonyl (C=O) groups is 1. The number of hydrogen-bond donors (Lipinski definition) is 2. The lowest BCUT2D eigenvalue weighted by Gasteiger charge is -2.03. The van der Waals surface area contributed by atoms with E-state index in [9.17, 15) is 4.79 Å². The van der Waals surface area contributed by atoms with Crippen LogP contribution in [0.15, 0.2) is 12.4 Å². The van der Waals surface area contributed by atoms with Crippen molar-refractivity contribution >= 4 is 11.7 Å². The summed E-state index contributed by atoms with van der Waals surface area (Å²) in [6, 6.07) is 0. The second kappa shape index (κ2) is 4.25. The molecule has 1 heterocycles. The van der Waals surface area contributed by atoms with Crippen LogP contribution in [-0.2, 0) is 0 Å². The number of aromatic nitrogens is 2. The molecule has 2 rings (SSSR count). The summed E-state index contributed by atoms with van der Waals surface area (Å²) in [5.74, 6) is 0.887. The van der Waals surface area contributed by atoms with E-state index >= 15 is 0 Å². The maximum absolute atomic E-state index is 11.5. The molecule has 0 atom stereocenters. The third-order valence-electron chi connectivity index (χ3n) is 2.42. The van der Waals surface area contributed by atoms with E-state index in [0.717, 1.165) is 12.3 Å². The van der Waals surface area contributed by atoms with Gasteiger partial charge in [-0.1, -0.05) is 12.8 Å². The summed E-state index contributed by atoms with van der Waals surface area (Å²) in [5, 5.41) is 2.80. The van der Waals surface area contributed by atoms with E-state index in [0.29, 0.717) is 6.54 Å². The van der Waals surface area contributed by atoms with E-state index in [1.165, 1.54) is 25.2 Å². The normalized spacial score (nSPS) is 14.9. The summed E-state index contributed by atoms with van der Waals surface area (Å²) >= 11 is 0. The lowest BCUT2D eigenvalue weighted by Crippen LogP contribution is -2.26. The molecule has 1 fully saturated rings. The first kappa shape index (κ1) is 9.89. The minimum absolute atomic E-state index is 0.199. The molecule has 0 bridgehead atoms. The quantitative estimate of drug-likeness (QED) is 0.755. The predicted octanol–water partition coefficient (Wildman–Crippen LogP) is 0.589. The molecule has 1 aromatic rings. The summed E-state index contributed by atoms with van der Waals surface area (Å²) in [6.45, 7) is 0.708. The van der Waals surface area contributed by atoms with Gasteiger partial charge in [0, 0.05) is 6.54 Å². The molecule has 80 valence electrons. The van der Waals surface area contributed by atoms with Crippen molar-refractivity contribution in [3.63, 3.8) is 0 Å². The van der Waals surface area contributed by atoms with Gasteiger partial charge in [-0.05, 0) is 12.3 Å². The average molecular weight is 206 g/mol. The third-order valence-corrected chi connectivity index (χ3v) is 2.42. The van der Waals surface area contributed by atoms with Crippen LogP contribution in [0.1, 0.15) is 29.8 Å². The Morgan fingerprint density at radius 1 is 1.53 bits per heavy atom. The van der Waals surface area contributed by atoms with Gasteiger partial charge in [0.1, 0.15) is 11.5 Å². The molecule has 15 heavy (non-hydrogen) atoms. The van der Waals surface area contributed by atoms with E-state index < -0.39 is 0 Å². The zero-order chi connectivity index (χ0) is 10.7. The minimum atomic E-state index is -0.199. The highest BCUT2D eigenvalue weighted by atomic mass is 16.1. The number of carbonyl (C=O) groups excluding carboxylic acids is 1. The van der Waals surface area contributed by atoms with Crippen molar-refractivity contribution in [2.45, 2.75) is 19.3 Å². The highest BCUT2D eigenvalue weighted by Gasteiger charge is 2.20. The Morgan fingerprint density at radius 2 is 2.33 bits per heavy atom. The SMILES string of the molecule is Nc1cncc(C(=O)NCCC2CC2)n1. The minimum Gasteiger partial charge on any atom is -0.382 e. The first-order valence-corrected chi connectivity index (χ1v) is 5.11. The van der Waals surface area contributed by atoms with Gasteiger partial charge in [-0.25, -0.2) is 4.98 Å². The molecule has 5 heteroatoms. The van der Waals surface area contributed by atoms with Crippen LogP contribution in [0.2, 0.25) is 0 Å². The molecule has 1 aliphatic rings. The molecule has 0 aromatic carbocycles. The molecule has 0 aliphatic heterocycles. The van der Waals surface area contributed by atoms with Crippen LogP contribution in [0.25, 0.3) is 0 Å². The van der Waals surface area contributed by atoms with Crippen LogP contribution in [0.3, 0.4) is 0 Å². The molecular weight excluding hydrogens is 192 g/mol. The van der Waals surface area contributed by atoms with Crippen LogP contribution >= 0.6 is 0 Å². The number of nitrogens with two attached hydrogens (primary N) is 1. The fourth-order valence-corrected chi connectivity index (χ4v) is 1.38. The number of nitrogens with zero attached hydrogens (tertiary/aromatic N) is 2. The molecule has 1 saturated carbocycles. The molecule has 3 N–H and O–H groups in total. The van der Waals surface area contributed by atoms with E-state index in [-0.39, 0.29) is 17.4 Å².